The minimum atomic E-state index is -1.59. The van der Waals surface area contributed by atoms with Gasteiger partial charge in [0.2, 0.25) is 11.7 Å². The molecular weight excluding hydrogens is 470 g/mol. The summed E-state index contributed by atoms with van der Waals surface area (Å²) < 4.78 is 16.2. The highest BCUT2D eigenvalue weighted by molar-refractivity contribution is 6.31. The molecule has 0 amide bonds. The van der Waals surface area contributed by atoms with Crippen LogP contribution in [0.5, 0.6) is 17.2 Å². The van der Waals surface area contributed by atoms with Crippen molar-refractivity contribution in [1.29, 1.82) is 0 Å². The zero-order chi connectivity index (χ0) is 25.9. The predicted molar refractivity (Wildman–Crippen MR) is 122 cm³/mol. The standard InChI is InChI=1S/C25H21N3O8/c1-10-20(31)18(12(3)29)22-19(21(10)32)25(4)15(35-22)8-13(30)17(23(25)33)11(2)26-9-16-27-24(28-36-16)14-6-5-7-34-14/h5-8,26,31-32H,9H2,1-4H3/t25-/m0/s1. The molecule has 3 aromatic rings. The maximum atomic E-state index is 13.8. The number of ketones is 3. The van der Waals surface area contributed by atoms with Gasteiger partial charge in [0.05, 0.1) is 23.9 Å². The molecule has 0 saturated heterocycles. The lowest BCUT2D eigenvalue weighted by Crippen LogP contribution is -2.41. The number of nitrogens with one attached hydrogen (secondary N) is 1. The van der Waals surface area contributed by atoms with Crippen LogP contribution in [0, 0.1) is 6.92 Å². The first kappa shape index (κ1) is 23.1. The summed E-state index contributed by atoms with van der Waals surface area (Å²) in [4.78, 5) is 43.2. The maximum absolute atomic E-state index is 13.8. The number of phenols is 2. The average molecular weight is 491 g/mol. The van der Waals surface area contributed by atoms with Crippen LogP contribution in [0.2, 0.25) is 0 Å². The Morgan fingerprint density at radius 1 is 1.19 bits per heavy atom. The molecule has 1 aliphatic heterocycles. The molecule has 0 fully saturated rings. The monoisotopic (exact) mass is 491 g/mol. The second-order valence-corrected chi connectivity index (χ2v) is 8.73. The molecule has 0 spiro atoms. The fourth-order valence-corrected chi connectivity index (χ4v) is 4.49. The summed E-state index contributed by atoms with van der Waals surface area (Å²) >= 11 is 0. The summed E-state index contributed by atoms with van der Waals surface area (Å²) in [5, 5.41) is 28.1. The van der Waals surface area contributed by atoms with Crippen molar-refractivity contribution >= 4 is 17.3 Å². The van der Waals surface area contributed by atoms with Crippen LogP contribution in [-0.4, -0.2) is 37.7 Å². The minimum absolute atomic E-state index is 0.0245. The Bertz CT molecular complexity index is 1530. The molecule has 0 radical (unpaired) electrons. The maximum Gasteiger partial charge on any atom is 0.246 e. The predicted octanol–water partition coefficient (Wildman–Crippen LogP) is 3.00. The van der Waals surface area contributed by atoms with E-state index >= 15 is 0 Å². The Morgan fingerprint density at radius 3 is 2.61 bits per heavy atom. The van der Waals surface area contributed by atoms with Crippen LogP contribution in [-0.2, 0) is 21.5 Å². The molecule has 5 rings (SSSR count). The van der Waals surface area contributed by atoms with Crippen molar-refractivity contribution in [3.05, 3.63) is 64.1 Å². The number of phenolic OH excluding ortho intramolecular Hbond substituents is 2. The molecule has 3 heterocycles. The van der Waals surface area contributed by atoms with E-state index < -0.39 is 28.5 Å². The quantitative estimate of drug-likeness (QED) is 0.273. The van der Waals surface area contributed by atoms with Gasteiger partial charge in [-0.3, -0.25) is 14.4 Å². The first-order chi connectivity index (χ1) is 17.1. The molecule has 36 heavy (non-hydrogen) atoms. The van der Waals surface area contributed by atoms with Crippen molar-refractivity contribution in [3.8, 4) is 28.8 Å². The van der Waals surface area contributed by atoms with Gasteiger partial charge in [-0.2, -0.15) is 4.98 Å². The summed E-state index contributed by atoms with van der Waals surface area (Å²) in [5.74, 6) is -1.89. The third-order valence-electron chi connectivity index (χ3n) is 6.47. The topological polar surface area (TPSA) is 165 Å². The summed E-state index contributed by atoms with van der Waals surface area (Å²) in [6.45, 7) is 5.73. The van der Waals surface area contributed by atoms with Crippen molar-refractivity contribution in [1.82, 2.24) is 15.5 Å². The van der Waals surface area contributed by atoms with Gasteiger partial charge in [0.1, 0.15) is 34.0 Å². The Balaban J connectivity index is 1.52. The average Bonchev–Trinajstić information content (AvgIpc) is 3.56. The number of aromatic nitrogens is 2. The minimum Gasteiger partial charge on any atom is -0.507 e. The number of nitrogens with zero attached hydrogens (tertiary/aromatic N) is 2. The number of rotatable bonds is 5. The normalized spacial score (nSPS) is 19.9. The lowest BCUT2D eigenvalue weighted by atomic mass is 9.70. The molecule has 11 heteroatoms. The van der Waals surface area contributed by atoms with Crippen LogP contribution in [0.4, 0.5) is 0 Å². The zero-order valence-corrected chi connectivity index (χ0v) is 19.8. The van der Waals surface area contributed by atoms with Crippen LogP contribution < -0.4 is 10.1 Å². The number of Topliss-reactive ketones (excluding diaryl/α,β-unsaturated/α-hetero) is 2. The van der Waals surface area contributed by atoms with E-state index in [1.54, 1.807) is 19.1 Å². The zero-order valence-electron chi connectivity index (χ0n) is 19.8. The molecule has 184 valence electrons. The van der Waals surface area contributed by atoms with Gasteiger partial charge < -0.3 is 29.2 Å². The number of aromatic hydroxyl groups is 2. The van der Waals surface area contributed by atoms with E-state index in [1.165, 1.54) is 27.0 Å². The van der Waals surface area contributed by atoms with E-state index in [0.29, 0.717) is 5.76 Å². The van der Waals surface area contributed by atoms with Crippen molar-refractivity contribution in [2.75, 3.05) is 0 Å². The number of carbonyl (C=O) groups is 3. The van der Waals surface area contributed by atoms with Crippen LogP contribution in [0.3, 0.4) is 0 Å². The summed E-state index contributed by atoms with van der Waals surface area (Å²) in [6.07, 6.45) is 2.63. The number of hydrogen-bond acceptors (Lipinski definition) is 11. The highest BCUT2D eigenvalue weighted by atomic mass is 16.5. The third kappa shape index (κ3) is 3.16. The van der Waals surface area contributed by atoms with E-state index in [4.69, 9.17) is 13.7 Å². The van der Waals surface area contributed by atoms with E-state index in [0.717, 1.165) is 6.08 Å². The fraction of sp³-hybridized carbons (Fsp3) is 0.240. The van der Waals surface area contributed by atoms with Gasteiger partial charge in [-0.15, -0.1) is 0 Å². The van der Waals surface area contributed by atoms with Gasteiger partial charge in [-0.1, -0.05) is 5.16 Å². The number of ether oxygens (including phenoxy) is 1. The van der Waals surface area contributed by atoms with Crippen LogP contribution in [0.15, 0.2) is 50.4 Å². The van der Waals surface area contributed by atoms with E-state index in [9.17, 15) is 24.6 Å². The number of carbonyl (C=O) groups excluding carboxylic acids is 3. The second kappa shape index (κ2) is 7.94. The molecule has 2 aromatic heterocycles. The summed E-state index contributed by atoms with van der Waals surface area (Å²) in [6, 6.07) is 3.36. The Morgan fingerprint density at radius 2 is 1.94 bits per heavy atom. The van der Waals surface area contributed by atoms with Crippen LogP contribution in [0.1, 0.15) is 48.1 Å². The summed E-state index contributed by atoms with van der Waals surface area (Å²) in [7, 11) is 0. The number of allylic oxidation sites excluding steroid dienone is 4. The largest absolute Gasteiger partial charge is 0.507 e. The molecule has 3 N–H and O–H groups in total. The number of hydrogen-bond donors (Lipinski definition) is 3. The van der Waals surface area contributed by atoms with Gasteiger partial charge in [0.25, 0.3) is 0 Å². The molecule has 0 saturated carbocycles. The van der Waals surface area contributed by atoms with Gasteiger partial charge in [-0.05, 0) is 39.8 Å². The summed E-state index contributed by atoms with van der Waals surface area (Å²) in [5.41, 5.74) is -1.62. The van der Waals surface area contributed by atoms with Crippen molar-refractivity contribution in [3.63, 3.8) is 0 Å². The molecule has 1 aliphatic carbocycles. The van der Waals surface area contributed by atoms with Gasteiger partial charge in [0, 0.05) is 17.3 Å². The first-order valence-corrected chi connectivity index (χ1v) is 11.0. The smallest absolute Gasteiger partial charge is 0.246 e. The third-order valence-corrected chi connectivity index (χ3v) is 6.47. The van der Waals surface area contributed by atoms with Crippen LogP contribution >= 0.6 is 0 Å². The highest BCUT2D eigenvalue weighted by Gasteiger charge is 2.56. The molecular formula is C25H21N3O8. The molecule has 0 bridgehead atoms. The molecule has 1 atom stereocenters. The van der Waals surface area contributed by atoms with Crippen molar-refractivity contribution in [2.45, 2.75) is 39.7 Å². The molecule has 0 unspecified atom stereocenters. The Hall–Kier alpha value is -4.67. The van der Waals surface area contributed by atoms with E-state index in [1.807, 2.05) is 0 Å². The molecule has 2 aliphatic rings. The Kier molecular flexibility index (Phi) is 5.09. The number of benzene rings is 1. The van der Waals surface area contributed by atoms with Gasteiger partial charge >= 0.3 is 0 Å². The fourth-order valence-electron chi connectivity index (χ4n) is 4.49. The number of furan rings is 1. The highest BCUT2D eigenvalue weighted by Crippen LogP contribution is 2.57. The molecule has 11 nitrogen and oxygen atoms in total. The van der Waals surface area contributed by atoms with E-state index in [-0.39, 0.29) is 63.5 Å². The van der Waals surface area contributed by atoms with Crippen molar-refractivity contribution in [2.24, 2.45) is 0 Å². The number of fused-ring (bicyclic) bond motifs is 3. The lowest BCUT2D eigenvalue weighted by Gasteiger charge is -2.29. The van der Waals surface area contributed by atoms with Crippen LogP contribution in [0.25, 0.3) is 11.6 Å². The van der Waals surface area contributed by atoms with Gasteiger partial charge in [-0.25, -0.2) is 0 Å². The lowest BCUT2D eigenvalue weighted by molar-refractivity contribution is -0.123. The first-order valence-electron chi connectivity index (χ1n) is 11.0. The molecule has 1 aromatic carbocycles. The van der Waals surface area contributed by atoms with E-state index in [2.05, 4.69) is 15.5 Å². The van der Waals surface area contributed by atoms with Crippen molar-refractivity contribution < 1.29 is 38.3 Å². The van der Waals surface area contributed by atoms with Gasteiger partial charge in [0.15, 0.2) is 23.1 Å². The second-order valence-electron chi connectivity index (χ2n) is 8.73. The SMILES string of the molecule is CC(=O)c1c(O)c(C)c(O)c2c1OC1=CC(=O)C(=C(C)NCc3nc(-c4ccco4)no3)C(=O)[C@@]12C. The Labute approximate surface area is 204 Å².